The third-order valence-corrected chi connectivity index (χ3v) is 13.8. The van der Waals surface area contributed by atoms with Gasteiger partial charge in [0.25, 0.3) is 5.91 Å². The van der Waals surface area contributed by atoms with E-state index in [1.165, 1.54) is 22.7 Å². The van der Waals surface area contributed by atoms with Gasteiger partial charge in [0.1, 0.15) is 17.4 Å². The Morgan fingerprint density at radius 1 is 1.07 bits per heavy atom. The van der Waals surface area contributed by atoms with Gasteiger partial charge in [0.15, 0.2) is 11.7 Å². The number of thioether (sulfide) groups is 1. The van der Waals surface area contributed by atoms with E-state index in [1.54, 1.807) is 42.3 Å². The van der Waals surface area contributed by atoms with Crippen molar-refractivity contribution in [1.29, 1.82) is 5.26 Å². The van der Waals surface area contributed by atoms with Crippen LogP contribution in [0.4, 0.5) is 5.13 Å². The molecule has 1 N–H and O–H groups in total. The summed E-state index contributed by atoms with van der Waals surface area (Å²) >= 11 is 4.51. The summed E-state index contributed by atoms with van der Waals surface area (Å²) in [7, 11) is 1.76. The normalized spacial score (nSPS) is 16.7. The first kappa shape index (κ1) is 43.3. The van der Waals surface area contributed by atoms with Crippen molar-refractivity contribution in [3.8, 4) is 11.8 Å². The van der Waals surface area contributed by atoms with Gasteiger partial charge in [-0.1, -0.05) is 57.6 Å². The van der Waals surface area contributed by atoms with E-state index in [1.807, 2.05) is 34.5 Å². The highest BCUT2D eigenvalue weighted by molar-refractivity contribution is 8.00. The van der Waals surface area contributed by atoms with E-state index in [0.717, 1.165) is 72.2 Å². The van der Waals surface area contributed by atoms with Crippen molar-refractivity contribution in [1.82, 2.24) is 29.7 Å². The van der Waals surface area contributed by atoms with Crippen molar-refractivity contribution < 1.29 is 23.5 Å². The minimum atomic E-state index is -0.797. The number of thiazole rings is 2. The zero-order valence-corrected chi connectivity index (χ0v) is 36.5. The molecule has 2 fully saturated rings. The summed E-state index contributed by atoms with van der Waals surface area (Å²) in [6.45, 7) is 11.4. The predicted octanol–water partition coefficient (Wildman–Crippen LogP) is 7.58. The van der Waals surface area contributed by atoms with Gasteiger partial charge in [-0.25, -0.2) is 15.0 Å². The summed E-state index contributed by atoms with van der Waals surface area (Å²) in [6, 6.07) is 9.92. The molecule has 0 aliphatic carbocycles. The number of likely N-dealkylation sites (tertiary alicyclic amines) is 2. The molecule has 13 nitrogen and oxygen atoms in total. The molecular formula is C42H54N8O5S3. The molecule has 2 aliphatic heterocycles. The first-order valence-electron chi connectivity index (χ1n) is 20.1. The number of ether oxygens (including phenoxy) is 1. The summed E-state index contributed by atoms with van der Waals surface area (Å²) in [4.78, 5) is 58.7. The lowest BCUT2D eigenvalue weighted by Gasteiger charge is -2.41. The molecule has 16 heteroatoms. The number of anilines is 1. The number of carbonyl (C=O) groups excluding carboxylic acids is 3. The van der Waals surface area contributed by atoms with Gasteiger partial charge < -0.3 is 29.2 Å². The van der Waals surface area contributed by atoms with Crippen molar-refractivity contribution in [3.63, 3.8) is 0 Å². The highest BCUT2D eigenvalue weighted by Crippen LogP contribution is 2.33. The standard InChI is InChI=1S/C42H54N8O5S3/c1-6-7-33(48(5)40(53)30(23-43)22-36-44-16-21-56-36)28-8-10-32(11-9-28)54-26-37(51)50-19-14-31(15-20-50)49-17-12-29(13-18-49)39(52)47-41-46-25-38(58-41)57-27-35-45-24-34(55-35)42(2,3)4/h8-11,16,21,24-25,29-31,33H,6-7,12-15,17-20,22,26-27H2,1-5H3,(H,46,47,52). The van der Waals surface area contributed by atoms with Crippen molar-refractivity contribution in [2.45, 2.75) is 100 Å². The van der Waals surface area contributed by atoms with Crippen LogP contribution in [0.3, 0.4) is 0 Å². The topological polar surface area (TPSA) is 158 Å². The highest BCUT2D eigenvalue weighted by atomic mass is 32.2. The summed E-state index contributed by atoms with van der Waals surface area (Å²) in [5.41, 5.74) is 0.866. The second-order valence-corrected chi connectivity index (χ2v) is 19.3. The number of amides is 3. The molecule has 0 radical (unpaired) electrons. The molecule has 0 bridgehead atoms. The van der Waals surface area contributed by atoms with E-state index in [0.29, 0.717) is 48.1 Å². The van der Waals surface area contributed by atoms with Crippen LogP contribution >= 0.6 is 34.4 Å². The van der Waals surface area contributed by atoms with Crippen molar-refractivity contribution in [3.05, 3.63) is 70.5 Å². The molecule has 5 heterocycles. The molecule has 4 aromatic rings. The number of piperidine rings is 2. The van der Waals surface area contributed by atoms with Crippen LogP contribution in [0.15, 0.2) is 56.9 Å². The van der Waals surface area contributed by atoms with Gasteiger partial charge in [-0.2, -0.15) is 5.26 Å². The number of nitriles is 1. The molecule has 0 spiro atoms. The molecule has 1 aromatic carbocycles. The minimum absolute atomic E-state index is 0.0264. The fourth-order valence-corrected chi connectivity index (χ4v) is 9.84. The molecule has 6 rings (SSSR count). The van der Waals surface area contributed by atoms with Crippen molar-refractivity contribution in [2.75, 3.05) is 45.2 Å². The van der Waals surface area contributed by atoms with Gasteiger partial charge in [-0.15, -0.1) is 23.1 Å². The second-order valence-electron chi connectivity index (χ2n) is 16.0. The average Bonchev–Trinajstić information content (AvgIpc) is 4.03. The quantitative estimate of drug-likeness (QED) is 0.111. The molecule has 3 aromatic heterocycles. The van der Waals surface area contributed by atoms with Gasteiger partial charge >= 0.3 is 0 Å². The maximum Gasteiger partial charge on any atom is 0.260 e. The Hall–Kier alpha value is -4.30. The van der Waals surface area contributed by atoms with Crippen LogP contribution in [0, 0.1) is 23.2 Å². The Balaban J connectivity index is 0.890. The van der Waals surface area contributed by atoms with Crippen LogP contribution in [0.25, 0.3) is 0 Å². The van der Waals surface area contributed by atoms with Crippen molar-refractivity contribution in [2.24, 2.45) is 11.8 Å². The van der Waals surface area contributed by atoms with Crippen LogP contribution in [0.5, 0.6) is 5.75 Å². The minimum Gasteiger partial charge on any atom is -0.484 e. The third kappa shape index (κ3) is 11.5. The van der Waals surface area contributed by atoms with E-state index >= 15 is 0 Å². The van der Waals surface area contributed by atoms with E-state index in [2.05, 4.69) is 58.9 Å². The number of oxazole rings is 1. The Kier molecular flexibility index (Phi) is 15.0. The van der Waals surface area contributed by atoms with E-state index in [-0.39, 0.29) is 41.7 Å². The molecular weight excluding hydrogens is 793 g/mol. The number of nitrogens with one attached hydrogen (secondary N) is 1. The summed E-state index contributed by atoms with van der Waals surface area (Å²) in [5, 5.41) is 16.0. The third-order valence-electron chi connectivity index (χ3n) is 10.9. The molecule has 3 amide bonds. The lowest BCUT2D eigenvalue weighted by atomic mass is 9.93. The fraction of sp³-hybridized carbons (Fsp3) is 0.548. The number of carbonyl (C=O) groups is 3. The summed E-state index contributed by atoms with van der Waals surface area (Å²) < 4.78 is 12.8. The second kappa shape index (κ2) is 20.1. The van der Waals surface area contributed by atoms with Crippen LogP contribution in [0.1, 0.15) is 94.5 Å². The molecule has 2 atom stereocenters. The number of hydrogen-bond donors (Lipinski definition) is 1. The molecule has 2 aliphatic rings. The molecule has 2 unspecified atom stereocenters. The van der Waals surface area contributed by atoms with Crippen LogP contribution in [-0.4, -0.2) is 93.2 Å². The van der Waals surface area contributed by atoms with Crippen molar-refractivity contribution >= 4 is 57.3 Å². The predicted molar refractivity (Wildman–Crippen MR) is 227 cm³/mol. The van der Waals surface area contributed by atoms with E-state index in [4.69, 9.17) is 9.15 Å². The Morgan fingerprint density at radius 2 is 1.81 bits per heavy atom. The summed E-state index contributed by atoms with van der Waals surface area (Å²) in [6.07, 6.45) is 10.6. The van der Waals surface area contributed by atoms with Gasteiger partial charge in [0, 0.05) is 55.5 Å². The zero-order chi connectivity index (χ0) is 41.2. The molecule has 2 saturated heterocycles. The van der Waals surface area contributed by atoms with Crippen LogP contribution in [-0.2, 0) is 32.0 Å². The fourth-order valence-electron chi connectivity index (χ4n) is 7.45. The molecule has 58 heavy (non-hydrogen) atoms. The lowest BCUT2D eigenvalue weighted by molar-refractivity contribution is -0.135. The Morgan fingerprint density at radius 3 is 2.45 bits per heavy atom. The Labute approximate surface area is 353 Å². The highest BCUT2D eigenvalue weighted by Gasteiger charge is 2.33. The van der Waals surface area contributed by atoms with E-state index < -0.39 is 5.92 Å². The maximum atomic E-state index is 13.3. The Bertz CT molecular complexity index is 1990. The lowest BCUT2D eigenvalue weighted by Crippen LogP contribution is -2.50. The monoisotopic (exact) mass is 846 g/mol. The van der Waals surface area contributed by atoms with Gasteiger partial charge in [-0.05, 0) is 62.9 Å². The first-order valence-corrected chi connectivity index (χ1v) is 22.7. The smallest absolute Gasteiger partial charge is 0.260 e. The van der Waals surface area contributed by atoms with Gasteiger partial charge in [0.2, 0.25) is 17.7 Å². The van der Waals surface area contributed by atoms with Crippen LogP contribution < -0.4 is 10.1 Å². The first-order chi connectivity index (χ1) is 27.9. The SMILES string of the molecule is CCCC(c1ccc(OCC(=O)N2CCC(N3CCC(C(=O)Nc4ncc(SCc5ncc(C(C)(C)C)o5)s4)CC3)CC2)cc1)N(C)C(=O)C(C#N)Cc1nccs1. The number of hydrogen-bond acceptors (Lipinski definition) is 13. The van der Waals surface area contributed by atoms with Crippen LogP contribution in [0.2, 0.25) is 0 Å². The van der Waals surface area contributed by atoms with E-state index in [9.17, 15) is 19.6 Å². The largest absolute Gasteiger partial charge is 0.484 e. The number of nitrogens with zero attached hydrogens (tertiary/aromatic N) is 7. The molecule has 310 valence electrons. The van der Waals surface area contributed by atoms with Gasteiger partial charge in [-0.3, -0.25) is 14.4 Å². The molecule has 0 saturated carbocycles. The van der Waals surface area contributed by atoms with Gasteiger partial charge in [0.05, 0.1) is 39.5 Å². The number of benzene rings is 1. The number of rotatable bonds is 16. The summed E-state index contributed by atoms with van der Waals surface area (Å²) in [5.74, 6) is 1.66. The average molecular weight is 847 g/mol. The maximum absolute atomic E-state index is 13.3. The number of aromatic nitrogens is 3. The zero-order valence-electron chi connectivity index (χ0n) is 34.0.